The number of nitrogens with one attached hydrogen (secondary N) is 1. The van der Waals surface area contributed by atoms with E-state index in [2.05, 4.69) is 26.1 Å². The molecule has 1 aliphatic rings. The minimum Gasteiger partial charge on any atom is -0.381 e. The van der Waals surface area contributed by atoms with Gasteiger partial charge in [0.25, 0.3) is 0 Å². The molecule has 1 aliphatic heterocycles. The van der Waals surface area contributed by atoms with Gasteiger partial charge < -0.3 is 15.8 Å². The van der Waals surface area contributed by atoms with Crippen LogP contribution >= 0.6 is 0 Å². The average Bonchev–Trinajstić information content (AvgIpc) is 2.03. The fourth-order valence-corrected chi connectivity index (χ4v) is 1.94. The molecule has 3 heteroatoms. The standard InChI is InChI=1S/C10H22N2O/c1-9(2,3)12-10(8-11)4-6-13-7-5-10/h12H,4-8,11H2,1-3H3. The summed E-state index contributed by atoms with van der Waals surface area (Å²) < 4.78 is 5.35. The third-order valence-corrected chi connectivity index (χ3v) is 2.48. The summed E-state index contributed by atoms with van der Waals surface area (Å²) in [4.78, 5) is 0. The molecule has 3 nitrogen and oxygen atoms in total. The van der Waals surface area contributed by atoms with Crippen molar-refractivity contribution in [1.29, 1.82) is 0 Å². The number of nitrogens with two attached hydrogens (primary N) is 1. The topological polar surface area (TPSA) is 47.3 Å². The lowest BCUT2D eigenvalue weighted by Gasteiger charge is -2.42. The Balaban J connectivity index is 2.57. The van der Waals surface area contributed by atoms with Crippen molar-refractivity contribution in [3.05, 3.63) is 0 Å². The molecule has 3 N–H and O–H groups in total. The Labute approximate surface area is 81.0 Å². The van der Waals surface area contributed by atoms with Crippen LogP contribution in [0.5, 0.6) is 0 Å². The van der Waals surface area contributed by atoms with Gasteiger partial charge in [-0.15, -0.1) is 0 Å². The smallest absolute Gasteiger partial charge is 0.0484 e. The highest BCUT2D eigenvalue weighted by atomic mass is 16.5. The maximum absolute atomic E-state index is 5.83. The Bertz CT molecular complexity index is 157. The second-order valence-electron chi connectivity index (χ2n) is 4.97. The van der Waals surface area contributed by atoms with Crippen molar-refractivity contribution in [3.8, 4) is 0 Å². The summed E-state index contributed by atoms with van der Waals surface area (Å²) in [5, 5.41) is 3.62. The molecule has 0 bridgehead atoms. The van der Waals surface area contributed by atoms with Crippen LogP contribution in [0.2, 0.25) is 0 Å². The molecular formula is C10H22N2O. The Morgan fingerprint density at radius 1 is 1.31 bits per heavy atom. The van der Waals surface area contributed by atoms with Crippen LogP contribution in [-0.2, 0) is 4.74 Å². The van der Waals surface area contributed by atoms with E-state index < -0.39 is 0 Å². The predicted octanol–water partition coefficient (Wildman–Crippen LogP) is 0.882. The van der Waals surface area contributed by atoms with Crippen molar-refractivity contribution in [3.63, 3.8) is 0 Å². The first-order valence-electron chi connectivity index (χ1n) is 5.05. The SMILES string of the molecule is CC(C)(C)NC1(CN)CCOCC1. The van der Waals surface area contributed by atoms with Gasteiger partial charge in [0.1, 0.15) is 0 Å². The molecule has 1 rings (SSSR count). The molecule has 78 valence electrons. The molecule has 0 atom stereocenters. The second kappa shape index (κ2) is 3.95. The van der Waals surface area contributed by atoms with Crippen LogP contribution in [0, 0.1) is 0 Å². The lowest BCUT2D eigenvalue weighted by molar-refractivity contribution is 0.0312. The Hall–Kier alpha value is -0.120. The molecule has 0 aromatic rings. The van der Waals surface area contributed by atoms with Gasteiger partial charge >= 0.3 is 0 Å². The zero-order chi connectivity index (χ0) is 9.95. The number of hydrogen-bond acceptors (Lipinski definition) is 3. The van der Waals surface area contributed by atoms with Crippen molar-refractivity contribution in [2.24, 2.45) is 5.73 Å². The van der Waals surface area contributed by atoms with Gasteiger partial charge in [0.15, 0.2) is 0 Å². The van der Waals surface area contributed by atoms with Crippen molar-refractivity contribution < 1.29 is 4.74 Å². The molecule has 0 saturated carbocycles. The third-order valence-electron chi connectivity index (χ3n) is 2.48. The predicted molar refractivity (Wildman–Crippen MR) is 54.7 cm³/mol. The molecule has 0 aliphatic carbocycles. The van der Waals surface area contributed by atoms with E-state index in [1.807, 2.05) is 0 Å². The zero-order valence-corrected chi connectivity index (χ0v) is 9.02. The molecule has 0 aromatic heterocycles. The molecule has 13 heavy (non-hydrogen) atoms. The quantitative estimate of drug-likeness (QED) is 0.673. The fourth-order valence-electron chi connectivity index (χ4n) is 1.94. The highest BCUT2D eigenvalue weighted by Crippen LogP contribution is 2.22. The van der Waals surface area contributed by atoms with Crippen LogP contribution in [0.15, 0.2) is 0 Å². The maximum atomic E-state index is 5.83. The molecule has 1 fully saturated rings. The maximum Gasteiger partial charge on any atom is 0.0484 e. The molecule has 0 unspecified atom stereocenters. The van der Waals surface area contributed by atoms with Crippen LogP contribution in [0.25, 0.3) is 0 Å². The van der Waals surface area contributed by atoms with Crippen LogP contribution in [0.3, 0.4) is 0 Å². The number of rotatable bonds is 2. The molecular weight excluding hydrogens is 164 g/mol. The van der Waals surface area contributed by atoms with Crippen LogP contribution in [-0.4, -0.2) is 30.8 Å². The van der Waals surface area contributed by atoms with Gasteiger partial charge in [0, 0.05) is 30.8 Å². The molecule has 0 aromatic carbocycles. The van der Waals surface area contributed by atoms with Crippen molar-refractivity contribution in [2.45, 2.75) is 44.7 Å². The lowest BCUT2D eigenvalue weighted by atomic mass is 9.87. The van der Waals surface area contributed by atoms with Gasteiger partial charge in [-0.05, 0) is 33.6 Å². The minimum atomic E-state index is 0.108. The van der Waals surface area contributed by atoms with Gasteiger partial charge in [-0.1, -0.05) is 0 Å². The summed E-state index contributed by atoms with van der Waals surface area (Å²) in [5.41, 5.74) is 6.07. The molecule has 0 amide bonds. The second-order valence-corrected chi connectivity index (χ2v) is 4.97. The van der Waals surface area contributed by atoms with E-state index in [0.717, 1.165) is 26.1 Å². The largest absolute Gasteiger partial charge is 0.381 e. The highest BCUT2D eigenvalue weighted by Gasteiger charge is 2.34. The van der Waals surface area contributed by atoms with Crippen molar-refractivity contribution in [1.82, 2.24) is 5.32 Å². The van der Waals surface area contributed by atoms with E-state index in [1.165, 1.54) is 0 Å². The van der Waals surface area contributed by atoms with Crippen molar-refractivity contribution in [2.75, 3.05) is 19.8 Å². The van der Waals surface area contributed by atoms with Crippen LogP contribution in [0.1, 0.15) is 33.6 Å². The van der Waals surface area contributed by atoms with Gasteiger partial charge in [-0.25, -0.2) is 0 Å². The van der Waals surface area contributed by atoms with E-state index in [-0.39, 0.29) is 11.1 Å². The normalized spacial score (nSPS) is 23.1. The third kappa shape index (κ3) is 3.25. The van der Waals surface area contributed by atoms with E-state index in [0.29, 0.717) is 6.54 Å². The summed E-state index contributed by atoms with van der Waals surface area (Å²) in [6, 6.07) is 0. The summed E-state index contributed by atoms with van der Waals surface area (Å²) in [7, 11) is 0. The van der Waals surface area contributed by atoms with E-state index in [1.54, 1.807) is 0 Å². The molecule has 1 saturated heterocycles. The lowest BCUT2D eigenvalue weighted by Crippen LogP contribution is -2.60. The minimum absolute atomic E-state index is 0.108. The van der Waals surface area contributed by atoms with Crippen LogP contribution in [0.4, 0.5) is 0 Å². The summed E-state index contributed by atoms with van der Waals surface area (Å²) in [6.07, 6.45) is 2.06. The first-order valence-corrected chi connectivity index (χ1v) is 5.05. The molecule has 0 radical (unpaired) electrons. The highest BCUT2D eigenvalue weighted by molar-refractivity contribution is 4.95. The first kappa shape index (κ1) is 11.0. The molecule has 0 spiro atoms. The number of ether oxygens (including phenoxy) is 1. The van der Waals surface area contributed by atoms with Gasteiger partial charge in [-0.2, -0.15) is 0 Å². The fraction of sp³-hybridized carbons (Fsp3) is 1.00. The number of hydrogen-bond donors (Lipinski definition) is 2. The van der Waals surface area contributed by atoms with Crippen LogP contribution < -0.4 is 11.1 Å². The van der Waals surface area contributed by atoms with Gasteiger partial charge in [0.05, 0.1) is 0 Å². The Morgan fingerprint density at radius 2 is 1.85 bits per heavy atom. The van der Waals surface area contributed by atoms with E-state index >= 15 is 0 Å². The summed E-state index contributed by atoms with van der Waals surface area (Å²) >= 11 is 0. The molecule has 1 heterocycles. The van der Waals surface area contributed by atoms with E-state index in [4.69, 9.17) is 10.5 Å². The van der Waals surface area contributed by atoms with Crippen molar-refractivity contribution >= 4 is 0 Å². The van der Waals surface area contributed by atoms with Gasteiger partial charge in [0.2, 0.25) is 0 Å². The van der Waals surface area contributed by atoms with E-state index in [9.17, 15) is 0 Å². The summed E-state index contributed by atoms with van der Waals surface area (Å²) in [5.74, 6) is 0. The monoisotopic (exact) mass is 186 g/mol. The Morgan fingerprint density at radius 3 is 2.23 bits per heavy atom. The summed E-state index contributed by atoms with van der Waals surface area (Å²) in [6.45, 7) is 8.91. The average molecular weight is 186 g/mol. The Kier molecular flexibility index (Phi) is 3.33. The zero-order valence-electron chi connectivity index (χ0n) is 9.02. The first-order chi connectivity index (χ1) is 5.97. The van der Waals surface area contributed by atoms with Gasteiger partial charge in [-0.3, -0.25) is 0 Å².